The summed E-state index contributed by atoms with van der Waals surface area (Å²) < 4.78 is 0.741. The fraction of sp³-hybridized carbons (Fsp3) is 0.412. The average Bonchev–Trinajstić information content (AvgIpc) is 3.02. The summed E-state index contributed by atoms with van der Waals surface area (Å²) in [5.41, 5.74) is 1.10. The molecule has 1 aliphatic rings. The lowest BCUT2D eigenvalue weighted by molar-refractivity contribution is -0.387. The number of hydrogen-bond acceptors (Lipinski definition) is 7. The highest BCUT2D eigenvalue weighted by atomic mass is 32.2. The maximum atomic E-state index is 12.5. The van der Waals surface area contributed by atoms with E-state index in [0.717, 1.165) is 23.0 Å². The molecule has 1 amide bonds. The van der Waals surface area contributed by atoms with Crippen molar-refractivity contribution in [2.45, 2.75) is 35.5 Å². The predicted octanol–water partition coefficient (Wildman–Crippen LogP) is 3.24. The topological polar surface area (TPSA) is 97.2 Å². The molecule has 9 heteroatoms. The molecule has 1 aliphatic heterocycles. The average molecular weight is 393 g/mol. The van der Waals surface area contributed by atoms with Crippen molar-refractivity contribution in [1.29, 1.82) is 0 Å². The number of thiazole rings is 1. The van der Waals surface area contributed by atoms with E-state index >= 15 is 0 Å². The molecule has 2 unspecified atom stereocenters. The number of carbonyl (C=O) groups is 1. The maximum absolute atomic E-state index is 12.5. The van der Waals surface area contributed by atoms with Crippen molar-refractivity contribution in [3.05, 3.63) is 45.0 Å². The molecular formula is C17H20N4O3S2. The highest BCUT2D eigenvalue weighted by molar-refractivity contribution is 8.01. The fourth-order valence-electron chi connectivity index (χ4n) is 2.80. The van der Waals surface area contributed by atoms with Crippen LogP contribution in [0.2, 0.25) is 0 Å². The van der Waals surface area contributed by atoms with E-state index in [0.29, 0.717) is 22.9 Å². The van der Waals surface area contributed by atoms with Crippen LogP contribution in [0.15, 0.2) is 32.8 Å². The van der Waals surface area contributed by atoms with E-state index in [2.05, 4.69) is 22.5 Å². The Labute approximate surface area is 159 Å². The number of carbonyl (C=O) groups excluding carboxylic acids is 1. The van der Waals surface area contributed by atoms with Gasteiger partial charge in [0.1, 0.15) is 0 Å². The number of aromatic nitrogens is 1. The molecule has 0 saturated carbocycles. The van der Waals surface area contributed by atoms with Crippen molar-refractivity contribution in [3.8, 4) is 0 Å². The van der Waals surface area contributed by atoms with Gasteiger partial charge >= 0.3 is 0 Å². The first-order chi connectivity index (χ1) is 12.4. The van der Waals surface area contributed by atoms with Crippen LogP contribution in [0, 0.1) is 23.0 Å². The molecule has 1 aromatic carbocycles. The van der Waals surface area contributed by atoms with Gasteiger partial charge in [0.15, 0.2) is 4.34 Å². The summed E-state index contributed by atoms with van der Waals surface area (Å²) in [5, 5.41) is 19.6. The molecule has 1 aromatic heterocycles. The van der Waals surface area contributed by atoms with Crippen LogP contribution in [0.4, 0.5) is 5.69 Å². The first kappa shape index (κ1) is 18.8. The summed E-state index contributed by atoms with van der Waals surface area (Å²) >= 11 is 2.69. The molecule has 0 spiro atoms. The molecule has 2 N–H and O–H groups in total. The number of aryl methyl sites for hydroxylation is 1. The molecule has 26 heavy (non-hydrogen) atoms. The lowest BCUT2D eigenvalue weighted by Gasteiger charge is -2.30. The van der Waals surface area contributed by atoms with Crippen molar-refractivity contribution >= 4 is 34.7 Å². The molecule has 0 aliphatic carbocycles. The highest BCUT2D eigenvalue weighted by Gasteiger charge is 2.25. The Kier molecular flexibility index (Phi) is 5.90. The second kappa shape index (κ2) is 8.15. The lowest BCUT2D eigenvalue weighted by atomic mass is 9.94. The minimum Gasteiger partial charge on any atom is -0.348 e. The molecule has 138 valence electrons. The number of amides is 1. The second-order valence-electron chi connectivity index (χ2n) is 6.35. The number of rotatable bonds is 5. The number of hydrogen-bond donors (Lipinski definition) is 2. The maximum Gasteiger partial charge on any atom is 0.284 e. The molecule has 1 saturated heterocycles. The molecular weight excluding hydrogens is 372 g/mol. The van der Waals surface area contributed by atoms with Gasteiger partial charge in [-0.05, 0) is 37.9 Å². The molecule has 1 fully saturated rings. The molecule has 3 rings (SSSR count). The third-order valence-corrected chi connectivity index (χ3v) is 6.48. The fourth-order valence-corrected chi connectivity index (χ4v) is 4.67. The lowest BCUT2D eigenvalue weighted by Crippen LogP contribution is -2.50. The zero-order chi connectivity index (χ0) is 18.7. The minimum atomic E-state index is -0.454. The van der Waals surface area contributed by atoms with Crippen LogP contribution in [0.3, 0.4) is 0 Å². The zero-order valence-corrected chi connectivity index (χ0v) is 16.2. The summed E-state index contributed by atoms with van der Waals surface area (Å²) in [7, 11) is 0. The minimum absolute atomic E-state index is 0.0302. The molecule has 7 nitrogen and oxygen atoms in total. The van der Waals surface area contributed by atoms with Gasteiger partial charge in [0.25, 0.3) is 11.6 Å². The molecule has 2 atom stereocenters. The van der Waals surface area contributed by atoms with E-state index in [4.69, 9.17) is 0 Å². The number of nitrogens with one attached hydrogen (secondary N) is 2. The summed E-state index contributed by atoms with van der Waals surface area (Å²) in [6.45, 7) is 5.64. The Balaban J connectivity index is 1.79. The van der Waals surface area contributed by atoms with Crippen LogP contribution in [0.25, 0.3) is 0 Å². The SMILES string of the molecule is Cc1csc(Sc2ccc(C(=O)NC3CNCCC3C)cc2[N+](=O)[O-])n1. The third kappa shape index (κ3) is 4.40. The van der Waals surface area contributed by atoms with Gasteiger partial charge in [-0.1, -0.05) is 18.7 Å². The number of nitro benzene ring substituents is 1. The molecule has 2 heterocycles. The summed E-state index contributed by atoms with van der Waals surface area (Å²) in [6, 6.07) is 4.63. The number of piperidine rings is 1. The molecule has 2 aromatic rings. The van der Waals surface area contributed by atoms with Gasteiger partial charge in [-0.2, -0.15) is 0 Å². The number of benzene rings is 1. The molecule has 0 radical (unpaired) electrons. The van der Waals surface area contributed by atoms with Gasteiger partial charge in [0, 0.05) is 35.3 Å². The van der Waals surface area contributed by atoms with Gasteiger partial charge in [-0.15, -0.1) is 11.3 Å². The number of nitrogens with zero attached hydrogens (tertiary/aromatic N) is 2. The van der Waals surface area contributed by atoms with Gasteiger partial charge < -0.3 is 10.6 Å². The van der Waals surface area contributed by atoms with Gasteiger partial charge in [-0.3, -0.25) is 14.9 Å². The van der Waals surface area contributed by atoms with Crippen molar-refractivity contribution < 1.29 is 9.72 Å². The Morgan fingerprint density at radius 2 is 2.31 bits per heavy atom. The Bertz CT molecular complexity index is 824. The third-order valence-electron chi connectivity index (χ3n) is 4.36. The number of nitro groups is 1. The van der Waals surface area contributed by atoms with Crippen LogP contribution in [0.5, 0.6) is 0 Å². The van der Waals surface area contributed by atoms with Crippen molar-refractivity contribution in [2.24, 2.45) is 5.92 Å². The molecule has 0 bridgehead atoms. The van der Waals surface area contributed by atoms with E-state index in [9.17, 15) is 14.9 Å². The van der Waals surface area contributed by atoms with E-state index < -0.39 is 4.92 Å². The largest absolute Gasteiger partial charge is 0.348 e. The zero-order valence-electron chi connectivity index (χ0n) is 14.5. The van der Waals surface area contributed by atoms with Crippen LogP contribution >= 0.6 is 23.1 Å². The monoisotopic (exact) mass is 392 g/mol. The Morgan fingerprint density at radius 1 is 1.50 bits per heavy atom. The van der Waals surface area contributed by atoms with Crippen molar-refractivity contribution in [3.63, 3.8) is 0 Å². The highest BCUT2D eigenvalue weighted by Crippen LogP contribution is 2.36. The van der Waals surface area contributed by atoms with E-state index in [1.54, 1.807) is 12.1 Å². The van der Waals surface area contributed by atoms with E-state index in [1.165, 1.54) is 29.2 Å². The van der Waals surface area contributed by atoms with Gasteiger partial charge in [-0.25, -0.2) is 4.98 Å². The smallest absolute Gasteiger partial charge is 0.284 e. The Morgan fingerprint density at radius 3 is 2.96 bits per heavy atom. The van der Waals surface area contributed by atoms with E-state index in [-0.39, 0.29) is 17.6 Å². The van der Waals surface area contributed by atoms with Crippen LogP contribution in [0.1, 0.15) is 29.4 Å². The van der Waals surface area contributed by atoms with Crippen molar-refractivity contribution in [1.82, 2.24) is 15.6 Å². The van der Waals surface area contributed by atoms with Crippen molar-refractivity contribution in [2.75, 3.05) is 13.1 Å². The second-order valence-corrected chi connectivity index (χ2v) is 8.49. The van der Waals surface area contributed by atoms with Gasteiger partial charge in [0.05, 0.1) is 9.82 Å². The van der Waals surface area contributed by atoms with Crippen LogP contribution in [-0.4, -0.2) is 34.9 Å². The summed E-state index contributed by atoms with van der Waals surface area (Å²) in [4.78, 5) is 28.3. The van der Waals surface area contributed by atoms with E-state index in [1.807, 2.05) is 12.3 Å². The normalized spacial score (nSPS) is 19.9. The standard InChI is InChI=1S/C17H20N4O3S2/c1-10-5-6-18-8-13(10)20-16(22)12-3-4-15(14(7-12)21(23)24)26-17-19-11(2)9-25-17/h3-4,7,9-10,13,18H,5-6,8H2,1-2H3,(H,20,22). The quantitative estimate of drug-likeness (QED) is 0.599. The van der Waals surface area contributed by atoms with Crippen LogP contribution in [-0.2, 0) is 0 Å². The Hall–Kier alpha value is -1.97. The summed E-state index contributed by atoms with van der Waals surface area (Å²) in [5.74, 6) is 0.0912. The predicted molar refractivity (Wildman–Crippen MR) is 102 cm³/mol. The first-order valence-corrected chi connectivity index (χ1v) is 10.0. The summed E-state index contributed by atoms with van der Waals surface area (Å²) in [6.07, 6.45) is 0.994. The first-order valence-electron chi connectivity index (χ1n) is 8.34. The van der Waals surface area contributed by atoms with Crippen LogP contribution < -0.4 is 10.6 Å². The van der Waals surface area contributed by atoms with Gasteiger partial charge in [0.2, 0.25) is 0 Å².